The third-order valence-corrected chi connectivity index (χ3v) is 3.25. The molecule has 0 aliphatic rings. The number of rotatable bonds is 4. The number of hydrogen-bond donors (Lipinski definition) is 0. The maximum atomic E-state index is 11.2. The third kappa shape index (κ3) is 2.91. The minimum absolute atomic E-state index is 0.102. The van der Waals surface area contributed by atoms with Crippen LogP contribution >= 0.6 is 11.6 Å². The number of anilines is 1. The van der Waals surface area contributed by atoms with Crippen LogP contribution in [0.15, 0.2) is 6.07 Å². The summed E-state index contributed by atoms with van der Waals surface area (Å²) in [6.45, 7) is 5.78. The number of ketones is 1. The van der Waals surface area contributed by atoms with Crippen LogP contribution in [0.3, 0.4) is 0 Å². The van der Waals surface area contributed by atoms with Gasteiger partial charge in [0.1, 0.15) is 11.5 Å². The fraction of sp³-hybridized carbons (Fsp3) is 0.462. The van der Waals surface area contributed by atoms with E-state index in [1.165, 1.54) is 0 Å². The molecule has 0 spiro atoms. The van der Waals surface area contributed by atoms with E-state index < -0.39 is 0 Å². The fourth-order valence-corrected chi connectivity index (χ4v) is 2.10. The normalized spacial score (nSPS) is 10.2. The van der Waals surface area contributed by atoms with E-state index >= 15 is 0 Å². The molecule has 0 N–H and O–H groups in total. The topological polar surface area (TPSA) is 29.5 Å². The summed E-state index contributed by atoms with van der Waals surface area (Å²) in [7, 11) is 3.48. The number of carbonyl (C=O) groups excluding carboxylic acids is 1. The van der Waals surface area contributed by atoms with Gasteiger partial charge in [-0.15, -0.1) is 0 Å². The van der Waals surface area contributed by atoms with Gasteiger partial charge in [0, 0.05) is 12.1 Å². The summed E-state index contributed by atoms with van der Waals surface area (Å²) in [4.78, 5) is 13.0. The van der Waals surface area contributed by atoms with Crippen molar-refractivity contribution >= 4 is 23.1 Å². The zero-order valence-electron chi connectivity index (χ0n) is 10.9. The van der Waals surface area contributed by atoms with Gasteiger partial charge in [-0.2, -0.15) is 0 Å². The molecule has 0 saturated carbocycles. The lowest BCUT2D eigenvalue weighted by Crippen LogP contribution is -2.25. The lowest BCUT2D eigenvalue weighted by Gasteiger charge is -2.24. The van der Waals surface area contributed by atoms with Crippen molar-refractivity contribution in [1.82, 2.24) is 0 Å². The number of likely N-dealkylation sites (N-methyl/N-ethyl adjacent to an activating group) is 1. The average Bonchev–Trinajstić information content (AvgIpc) is 2.23. The van der Waals surface area contributed by atoms with Crippen LogP contribution < -0.4 is 9.64 Å². The van der Waals surface area contributed by atoms with Gasteiger partial charge in [0.15, 0.2) is 0 Å². The molecular formula is C13H18ClNO2. The van der Waals surface area contributed by atoms with Gasteiger partial charge in [-0.25, -0.2) is 0 Å². The second kappa shape index (κ2) is 5.41. The van der Waals surface area contributed by atoms with Crippen LogP contribution in [0.25, 0.3) is 0 Å². The van der Waals surface area contributed by atoms with Crippen molar-refractivity contribution in [1.29, 1.82) is 0 Å². The molecule has 0 amide bonds. The van der Waals surface area contributed by atoms with Crippen molar-refractivity contribution in [2.75, 3.05) is 25.6 Å². The lowest BCUT2D eigenvalue weighted by atomic mass is 10.1. The first-order chi connectivity index (χ1) is 7.88. The van der Waals surface area contributed by atoms with Crippen molar-refractivity contribution in [2.24, 2.45) is 0 Å². The van der Waals surface area contributed by atoms with Gasteiger partial charge in [-0.05, 0) is 38.0 Å². The largest absolute Gasteiger partial charge is 0.495 e. The number of carbonyl (C=O) groups is 1. The zero-order chi connectivity index (χ0) is 13.2. The summed E-state index contributed by atoms with van der Waals surface area (Å²) in [5.74, 6) is 0.846. The van der Waals surface area contributed by atoms with Crippen molar-refractivity contribution in [3.05, 3.63) is 22.2 Å². The molecule has 0 radical (unpaired) electrons. The number of ether oxygens (including phenoxy) is 1. The van der Waals surface area contributed by atoms with E-state index in [9.17, 15) is 4.79 Å². The van der Waals surface area contributed by atoms with Crippen LogP contribution in [0.4, 0.5) is 5.69 Å². The minimum Gasteiger partial charge on any atom is -0.495 e. The molecule has 0 heterocycles. The lowest BCUT2D eigenvalue weighted by molar-refractivity contribution is -0.115. The van der Waals surface area contributed by atoms with E-state index in [-0.39, 0.29) is 5.78 Å². The molecule has 0 aromatic heterocycles. The van der Waals surface area contributed by atoms with Crippen molar-refractivity contribution in [3.63, 3.8) is 0 Å². The maximum Gasteiger partial charge on any atom is 0.149 e. The van der Waals surface area contributed by atoms with Crippen LogP contribution in [-0.2, 0) is 4.79 Å². The van der Waals surface area contributed by atoms with Gasteiger partial charge in [-0.1, -0.05) is 11.6 Å². The number of benzene rings is 1. The predicted molar refractivity (Wildman–Crippen MR) is 71.4 cm³/mol. The van der Waals surface area contributed by atoms with E-state index in [1.54, 1.807) is 14.0 Å². The fourth-order valence-electron chi connectivity index (χ4n) is 1.96. The summed E-state index contributed by atoms with van der Waals surface area (Å²) in [6.07, 6.45) is 0. The summed E-state index contributed by atoms with van der Waals surface area (Å²) in [6, 6.07) is 1.89. The molecule has 94 valence electrons. The summed E-state index contributed by atoms with van der Waals surface area (Å²) < 4.78 is 5.35. The molecule has 3 nitrogen and oxygen atoms in total. The molecule has 0 aliphatic carbocycles. The molecule has 0 saturated heterocycles. The molecule has 17 heavy (non-hydrogen) atoms. The monoisotopic (exact) mass is 255 g/mol. The van der Waals surface area contributed by atoms with Crippen LogP contribution in [0.2, 0.25) is 5.02 Å². The summed E-state index contributed by atoms with van der Waals surface area (Å²) >= 11 is 6.23. The van der Waals surface area contributed by atoms with Crippen LogP contribution in [-0.4, -0.2) is 26.5 Å². The number of nitrogens with zero attached hydrogens (tertiary/aromatic N) is 1. The van der Waals surface area contributed by atoms with Crippen molar-refractivity contribution < 1.29 is 9.53 Å². The number of Topliss-reactive ketones (excluding diaryl/α,β-unsaturated/α-hetero) is 1. The van der Waals surface area contributed by atoms with Crippen molar-refractivity contribution in [3.8, 4) is 5.75 Å². The molecule has 0 atom stereocenters. The highest BCUT2D eigenvalue weighted by Gasteiger charge is 2.16. The second-order valence-electron chi connectivity index (χ2n) is 4.24. The molecule has 0 aliphatic heterocycles. The van der Waals surface area contributed by atoms with E-state index in [0.717, 1.165) is 27.6 Å². The Kier molecular flexibility index (Phi) is 4.40. The molecular weight excluding hydrogens is 238 g/mol. The summed E-state index contributed by atoms with van der Waals surface area (Å²) in [5, 5.41) is 0.719. The average molecular weight is 256 g/mol. The summed E-state index contributed by atoms with van der Waals surface area (Å²) in [5.41, 5.74) is 2.78. The van der Waals surface area contributed by atoms with E-state index in [1.807, 2.05) is 31.9 Å². The number of halogens is 1. The first kappa shape index (κ1) is 13.8. The first-order valence-electron chi connectivity index (χ1n) is 5.42. The molecule has 1 aromatic carbocycles. The van der Waals surface area contributed by atoms with Crippen LogP contribution in [0.5, 0.6) is 5.75 Å². The SMILES string of the molecule is COc1cc(C)c(Cl)c(C)c1N(C)CC(C)=O. The first-order valence-corrected chi connectivity index (χ1v) is 5.80. The standard InChI is InChI=1S/C13H18ClNO2/c1-8-6-11(17-5)13(10(3)12(8)14)15(4)7-9(2)16/h6H,7H2,1-5H3. The Morgan fingerprint density at radius 3 is 2.53 bits per heavy atom. The van der Waals surface area contributed by atoms with Gasteiger partial charge in [0.25, 0.3) is 0 Å². The molecule has 0 unspecified atom stereocenters. The second-order valence-corrected chi connectivity index (χ2v) is 4.62. The van der Waals surface area contributed by atoms with Gasteiger partial charge in [-0.3, -0.25) is 4.79 Å². The van der Waals surface area contributed by atoms with E-state index in [0.29, 0.717) is 6.54 Å². The smallest absolute Gasteiger partial charge is 0.149 e. The Morgan fingerprint density at radius 1 is 1.47 bits per heavy atom. The quantitative estimate of drug-likeness (QED) is 0.828. The van der Waals surface area contributed by atoms with Gasteiger partial charge >= 0.3 is 0 Å². The highest BCUT2D eigenvalue weighted by Crippen LogP contribution is 2.37. The van der Waals surface area contributed by atoms with Crippen LogP contribution in [0, 0.1) is 13.8 Å². The molecule has 1 aromatic rings. The van der Waals surface area contributed by atoms with E-state index in [2.05, 4.69) is 0 Å². The van der Waals surface area contributed by atoms with Gasteiger partial charge in [0.05, 0.1) is 19.3 Å². The third-order valence-electron chi connectivity index (χ3n) is 2.67. The predicted octanol–water partition coefficient (Wildman–Crippen LogP) is 2.99. The number of methoxy groups -OCH3 is 1. The zero-order valence-corrected chi connectivity index (χ0v) is 11.7. The maximum absolute atomic E-state index is 11.2. The Balaban J connectivity index is 3.30. The molecule has 1 rings (SSSR count). The highest BCUT2D eigenvalue weighted by atomic mass is 35.5. The molecule has 4 heteroatoms. The van der Waals surface area contributed by atoms with Gasteiger partial charge in [0.2, 0.25) is 0 Å². The minimum atomic E-state index is 0.102. The van der Waals surface area contributed by atoms with E-state index in [4.69, 9.17) is 16.3 Å². The highest BCUT2D eigenvalue weighted by molar-refractivity contribution is 6.32. The number of aryl methyl sites for hydroxylation is 1. The van der Waals surface area contributed by atoms with Gasteiger partial charge < -0.3 is 9.64 Å². The molecule has 0 fully saturated rings. The van der Waals surface area contributed by atoms with Crippen molar-refractivity contribution in [2.45, 2.75) is 20.8 Å². The number of hydrogen-bond acceptors (Lipinski definition) is 3. The Hall–Kier alpha value is -1.22. The van der Waals surface area contributed by atoms with Crippen LogP contribution in [0.1, 0.15) is 18.1 Å². The Morgan fingerprint density at radius 2 is 2.06 bits per heavy atom. The Bertz CT molecular complexity index is 444. The molecule has 0 bridgehead atoms. The Labute approximate surface area is 107 Å².